The summed E-state index contributed by atoms with van der Waals surface area (Å²) in [6, 6.07) is 4.72. The first-order valence-corrected chi connectivity index (χ1v) is 12.9. The van der Waals surface area contributed by atoms with E-state index in [2.05, 4.69) is 25.0 Å². The molecule has 0 spiro atoms. The molecule has 41 heavy (non-hydrogen) atoms. The van der Waals surface area contributed by atoms with Crippen molar-refractivity contribution in [3.8, 4) is 28.7 Å². The number of rotatable bonds is 7. The van der Waals surface area contributed by atoms with Gasteiger partial charge >= 0.3 is 6.18 Å². The maximum Gasteiger partial charge on any atom is 0.434 e. The minimum atomic E-state index is -4.66. The molecule has 1 saturated carbocycles. The van der Waals surface area contributed by atoms with Crippen molar-refractivity contribution in [1.29, 1.82) is 0 Å². The van der Waals surface area contributed by atoms with Crippen molar-refractivity contribution in [3.05, 3.63) is 76.1 Å². The van der Waals surface area contributed by atoms with Gasteiger partial charge in [0, 0.05) is 30.9 Å². The third-order valence-electron chi connectivity index (χ3n) is 7.16. The van der Waals surface area contributed by atoms with E-state index in [0.29, 0.717) is 17.0 Å². The monoisotopic (exact) mass is 568 g/mol. The molecule has 1 fully saturated rings. The van der Waals surface area contributed by atoms with E-state index >= 15 is 4.39 Å². The molecule has 0 amide bonds. The van der Waals surface area contributed by atoms with Crippen molar-refractivity contribution in [1.82, 2.24) is 38.7 Å². The highest BCUT2D eigenvalue weighted by Gasteiger charge is 2.35. The Morgan fingerprint density at radius 2 is 1.93 bits per heavy atom. The summed E-state index contributed by atoms with van der Waals surface area (Å²) in [5, 5.41) is 4.56. The van der Waals surface area contributed by atoms with Crippen LogP contribution in [0.4, 0.5) is 17.6 Å². The van der Waals surface area contributed by atoms with Crippen LogP contribution in [0.2, 0.25) is 0 Å². The molecule has 0 N–H and O–H groups in total. The molecule has 0 radical (unpaired) electrons. The molecule has 6 rings (SSSR count). The Balaban J connectivity index is 1.42. The zero-order valence-electron chi connectivity index (χ0n) is 22.2. The van der Waals surface area contributed by atoms with Gasteiger partial charge in [-0.2, -0.15) is 18.2 Å². The van der Waals surface area contributed by atoms with Gasteiger partial charge in [0.2, 0.25) is 11.7 Å². The lowest BCUT2D eigenvalue weighted by atomic mass is 10.0. The summed E-state index contributed by atoms with van der Waals surface area (Å²) in [6.45, 7) is 3.51. The predicted octanol–water partition coefficient (Wildman–Crippen LogP) is 4.88. The van der Waals surface area contributed by atoms with Gasteiger partial charge < -0.3 is 9.30 Å². The molecule has 0 aliphatic heterocycles. The Labute approximate surface area is 230 Å². The number of imidazole rings is 1. The van der Waals surface area contributed by atoms with Crippen LogP contribution in [0.1, 0.15) is 55.6 Å². The fraction of sp³-hybridized carbons (Fsp3) is 0.333. The smallest absolute Gasteiger partial charge is 0.434 e. The second-order valence-electron chi connectivity index (χ2n) is 9.77. The van der Waals surface area contributed by atoms with Crippen LogP contribution in [0.5, 0.6) is 5.88 Å². The molecule has 0 unspecified atom stereocenters. The van der Waals surface area contributed by atoms with Crippen LogP contribution in [0, 0.1) is 5.82 Å². The van der Waals surface area contributed by atoms with E-state index in [1.165, 1.54) is 51.5 Å². The van der Waals surface area contributed by atoms with Gasteiger partial charge in [0.25, 0.3) is 5.56 Å². The van der Waals surface area contributed by atoms with Crippen LogP contribution in [0.25, 0.3) is 28.6 Å². The van der Waals surface area contributed by atoms with Crippen molar-refractivity contribution in [3.63, 3.8) is 0 Å². The van der Waals surface area contributed by atoms with Crippen molar-refractivity contribution >= 4 is 5.78 Å². The molecule has 1 aromatic carbocycles. The summed E-state index contributed by atoms with van der Waals surface area (Å²) in [6.07, 6.45) is 1.05. The molecule has 10 nitrogen and oxygen atoms in total. The molecular formula is C27H24F4N8O2. The summed E-state index contributed by atoms with van der Waals surface area (Å²) < 4.78 is 64.6. The van der Waals surface area contributed by atoms with Crippen LogP contribution in [0.3, 0.4) is 0 Å². The Bertz CT molecular complexity index is 1840. The lowest BCUT2D eigenvalue weighted by Crippen LogP contribution is -2.25. The van der Waals surface area contributed by atoms with Gasteiger partial charge in [-0.15, -0.1) is 5.10 Å². The number of hydrogen-bond acceptors (Lipinski definition) is 7. The Morgan fingerprint density at radius 3 is 2.59 bits per heavy atom. The van der Waals surface area contributed by atoms with Gasteiger partial charge in [-0.3, -0.25) is 9.36 Å². The minimum absolute atomic E-state index is 0.0857. The normalized spacial score (nSPS) is 14.5. The molecule has 5 aromatic rings. The highest BCUT2D eigenvalue weighted by Crippen LogP contribution is 2.45. The SMILES string of the molecule is CCn1cc(C(F)(F)F)nc1-c1ccc([C@H](C)n2c(=O)ccn3nc(-c4c(OC)ncnc4C4CC4)nc23)cc1F. The van der Waals surface area contributed by atoms with E-state index in [1.54, 1.807) is 19.9 Å². The average molecular weight is 569 g/mol. The number of aromatic nitrogens is 8. The number of hydrogen-bond donors (Lipinski definition) is 0. The number of alkyl halides is 3. The fourth-order valence-electron chi connectivity index (χ4n) is 4.91. The van der Waals surface area contributed by atoms with Crippen LogP contribution >= 0.6 is 0 Å². The van der Waals surface area contributed by atoms with Gasteiger partial charge in [-0.1, -0.05) is 6.07 Å². The molecule has 212 valence electrons. The number of benzene rings is 1. The highest BCUT2D eigenvalue weighted by molar-refractivity contribution is 5.67. The minimum Gasteiger partial charge on any atom is -0.480 e. The maximum absolute atomic E-state index is 15.4. The van der Waals surface area contributed by atoms with Gasteiger partial charge in [0.05, 0.1) is 24.4 Å². The number of nitrogens with zero attached hydrogens (tertiary/aromatic N) is 8. The highest BCUT2D eigenvalue weighted by atomic mass is 19.4. The fourth-order valence-corrected chi connectivity index (χ4v) is 4.91. The Hall–Kier alpha value is -4.62. The van der Waals surface area contributed by atoms with E-state index in [1.807, 2.05) is 0 Å². The topological polar surface area (TPSA) is 105 Å². The number of methoxy groups -OCH3 is 1. The van der Waals surface area contributed by atoms with E-state index in [9.17, 15) is 18.0 Å². The van der Waals surface area contributed by atoms with Crippen molar-refractivity contribution in [2.24, 2.45) is 0 Å². The largest absolute Gasteiger partial charge is 0.480 e. The van der Waals surface area contributed by atoms with E-state index in [-0.39, 0.29) is 35.5 Å². The lowest BCUT2D eigenvalue weighted by Gasteiger charge is -2.17. The Kier molecular flexibility index (Phi) is 6.35. The Morgan fingerprint density at radius 1 is 1.15 bits per heavy atom. The van der Waals surface area contributed by atoms with E-state index < -0.39 is 29.3 Å². The average Bonchev–Trinajstić information content (AvgIpc) is 3.55. The second-order valence-corrected chi connectivity index (χ2v) is 9.77. The zero-order chi connectivity index (χ0) is 29.1. The van der Waals surface area contributed by atoms with Gasteiger partial charge in [-0.25, -0.2) is 23.9 Å². The predicted molar refractivity (Wildman–Crippen MR) is 139 cm³/mol. The molecule has 1 aliphatic carbocycles. The standard InChI is InChI=1S/C27H24F4N8O2/c1-4-37-12-19(27(29,30)31)34-24(37)17-8-7-16(11-18(17)28)14(2)39-20(40)9-10-38-26(39)35-23(36-38)21-22(15-5-6-15)32-13-33-25(21)41-3/h7-15H,4-6H2,1-3H3/t14-/m0/s1. The first-order valence-electron chi connectivity index (χ1n) is 12.9. The van der Waals surface area contributed by atoms with E-state index in [0.717, 1.165) is 24.7 Å². The molecule has 0 bridgehead atoms. The third kappa shape index (κ3) is 4.62. The van der Waals surface area contributed by atoms with Crippen molar-refractivity contribution < 1.29 is 22.3 Å². The summed E-state index contributed by atoms with van der Waals surface area (Å²) in [5.41, 5.74) is 0.133. The molecule has 0 saturated heterocycles. The zero-order valence-corrected chi connectivity index (χ0v) is 22.2. The number of aryl methyl sites for hydroxylation is 1. The molecule has 4 heterocycles. The third-order valence-corrected chi connectivity index (χ3v) is 7.16. The summed E-state index contributed by atoms with van der Waals surface area (Å²) in [7, 11) is 1.49. The molecule has 1 atom stereocenters. The molecule has 1 aliphatic rings. The molecular weight excluding hydrogens is 544 g/mol. The summed E-state index contributed by atoms with van der Waals surface area (Å²) in [4.78, 5) is 30.0. The van der Waals surface area contributed by atoms with Crippen molar-refractivity contribution in [2.75, 3.05) is 7.11 Å². The quantitative estimate of drug-likeness (QED) is 0.258. The maximum atomic E-state index is 15.4. The van der Waals surface area contributed by atoms with Crippen LogP contribution in [-0.2, 0) is 12.7 Å². The number of ether oxygens (including phenoxy) is 1. The summed E-state index contributed by atoms with van der Waals surface area (Å²) in [5.74, 6) is 0.134. The summed E-state index contributed by atoms with van der Waals surface area (Å²) >= 11 is 0. The van der Waals surface area contributed by atoms with Gasteiger partial charge in [-0.05, 0) is 44.4 Å². The van der Waals surface area contributed by atoms with Crippen molar-refractivity contribution in [2.45, 2.75) is 51.4 Å². The first kappa shape index (κ1) is 26.6. The number of fused-ring (bicyclic) bond motifs is 1. The molecule has 4 aromatic heterocycles. The van der Waals surface area contributed by atoms with Crippen LogP contribution in [0.15, 0.2) is 47.8 Å². The first-order chi connectivity index (χ1) is 19.6. The van der Waals surface area contributed by atoms with Gasteiger partial charge in [0.1, 0.15) is 23.5 Å². The molecule has 14 heteroatoms. The second kappa shape index (κ2) is 9.78. The van der Waals surface area contributed by atoms with E-state index in [4.69, 9.17) is 4.74 Å². The van der Waals surface area contributed by atoms with Gasteiger partial charge in [0.15, 0.2) is 11.5 Å². The lowest BCUT2D eigenvalue weighted by molar-refractivity contribution is -0.140. The van der Waals surface area contributed by atoms with Crippen LogP contribution in [-0.4, -0.2) is 45.8 Å². The van der Waals surface area contributed by atoms with Crippen LogP contribution < -0.4 is 10.3 Å². The number of halogens is 4.